The molecule has 104 valence electrons. The fourth-order valence-corrected chi connectivity index (χ4v) is 4.04. The Balaban J connectivity index is 1.66. The second-order valence-corrected chi connectivity index (χ2v) is 6.95. The number of thiazole rings is 1. The van der Waals surface area contributed by atoms with Gasteiger partial charge in [-0.3, -0.25) is 4.79 Å². The quantitative estimate of drug-likeness (QED) is 0.918. The first-order valence-electron chi connectivity index (χ1n) is 7.13. The van der Waals surface area contributed by atoms with Gasteiger partial charge in [-0.05, 0) is 37.8 Å². The molecular weight excluding hydrogens is 258 g/mol. The standard InChI is InChI=1S/C14H21N3OS/c1-2-11-8-16-12(19-11)9-17-10-14(7-13(17)18)3-5-15-6-4-14/h8,15H,2-7,9-10H2,1H3. The summed E-state index contributed by atoms with van der Waals surface area (Å²) in [7, 11) is 0. The number of likely N-dealkylation sites (tertiary alicyclic amines) is 1. The Morgan fingerprint density at radius 1 is 1.47 bits per heavy atom. The average Bonchev–Trinajstić information content (AvgIpc) is 2.97. The molecule has 0 aromatic carbocycles. The van der Waals surface area contributed by atoms with E-state index >= 15 is 0 Å². The summed E-state index contributed by atoms with van der Waals surface area (Å²) in [6, 6.07) is 0. The van der Waals surface area contributed by atoms with Crippen LogP contribution in [0, 0.1) is 5.41 Å². The molecule has 2 aliphatic heterocycles. The number of rotatable bonds is 3. The molecule has 2 aliphatic rings. The molecule has 1 aromatic rings. The van der Waals surface area contributed by atoms with Crippen molar-refractivity contribution in [1.82, 2.24) is 15.2 Å². The van der Waals surface area contributed by atoms with Gasteiger partial charge in [0, 0.05) is 24.0 Å². The number of aromatic nitrogens is 1. The van der Waals surface area contributed by atoms with Crippen LogP contribution < -0.4 is 5.32 Å². The molecule has 0 unspecified atom stereocenters. The highest BCUT2D eigenvalue weighted by Gasteiger charge is 2.43. The molecular formula is C14H21N3OS. The van der Waals surface area contributed by atoms with Gasteiger partial charge in [0.1, 0.15) is 5.01 Å². The number of carbonyl (C=O) groups excluding carboxylic acids is 1. The Bertz CT molecular complexity index is 465. The van der Waals surface area contributed by atoms with Crippen LogP contribution in [-0.2, 0) is 17.8 Å². The zero-order valence-corrected chi connectivity index (χ0v) is 12.3. The van der Waals surface area contributed by atoms with Crippen LogP contribution in [0.15, 0.2) is 6.20 Å². The van der Waals surface area contributed by atoms with Crippen molar-refractivity contribution >= 4 is 17.2 Å². The number of amides is 1. The number of aryl methyl sites for hydroxylation is 1. The molecule has 1 aromatic heterocycles. The first kappa shape index (κ1) is 13.1. The van der Waals surface area contributed by atoms with Crippen molar-refractivity contribution in [2.24, 2.45) is 5.41 Å². The van der Waals surface area contributed by atoms with Crippen molar-refractivity contribution in [3.63, 3.8) is 0 Å². The molecule has 1 amide bonds. The summed E-state index contributed by atoms with van der Waals surface area (Å²) in [5, 5.41) is 4.47. The molecule has 3 heterocycles. The Kier molecular flexibility index (Phi) is 3.58. The lowest BCUT2D eigenvalue weighted by atomic mass is 9.78. The second kappa shape index (κ2) is 5.21. The van der Waals surface area contributed by atoms with Crippen LogP contribution in [0.4, 0.5) is 0 Å². The van der Waals surface area contributed by atoms with Gasteiger partial charge in [0.2, 0.25) is 5.91 Å². The topological polar surface area (TPSA) is 45.2 Å². The van der Waals surface area contributed by atoms with Crippen molar-refractivity contribution < 1.29 is 4.79 Å². The Morgan fingerprint density at radius 3 is 2.95 bits per heavy atom. The summed E-state index contributed by atoms with van der Waals surface area (Å²) in [5.74, 6) is 0.315. The minimum atomic E-state index is 0.243. The molecule has 0 bridgehead atoms. The van der Waals surface area contributed by atoms with Gasteiger partial charge in [-0.15, -0.1) is 11.3 Å². The minimum absolute atomic E-state index is 0.243. The van der Waals surface area contributed by atoms with Gasteiger partial charge in [0.25, 0.3) is 0 Å². The molecule has 2 fully saturated rings. The maximum atomic E-state index is 12.2. The van der Waals surface area contributed by atoms with Crippen LogP contribution in [0.1, 0.15) is 36.1 Å². The van der Waals surface area contributed by atoms with E-state index in [1.165, 1.54) is 4.88 Å². The van der Waals surface area contributed by atoms with Crippen molar-refractivity contribution in [3.05, 3.63) is 16.1 Å². The van der Waals surface area contributed by atoms with E-state index in [0.29, 0.717) is 12.5 Å². The van der Waals surface area contributed by atoms with E-state index in [2.05, 4.69) is 17.2 Å². The SMILES string of the molecule is CCc1cnc(CN2CC3(CCNCC3)CC2=O)s1. The third-order valence-corrected chi connectivity index (χ3v) is 5.47. The first-order chi connectivity index (χ1) is 9.21. The summed E-state index contributed by atoms with van der Waals surface area (Å²) in [4.78, 5) is 20.0. The predicted octanol–water partition coefficient (Wildman–Crippen LogP) is 1.81. The number of piperidine rings is 1. The van der Waals surface area contributed by atoms with E-state index < -0.39 is 0 Å². The first-order valence-corrected chi connectivity index (χ1v) is 7.94. The average molecular weight is 279 g/mol. The molecule has 19 heavy (non-hydrogen) atoms. The van der Waals surface area contributed by atoms with E-state index in [1.54, 1.807) is 11.3 Å². The van der Waals surface area contributed by atoms with Gasteiger partial charge in [-0.25, -0.2) is 4.98 Å². The third-order valence-electron chi connectivity index (χ3n) is 4.35. The maximum absolute atomic E-state index is 12.2. The van der Waals surface area contributed by atoms with Crippen LogP contribution in [0.2, 0.25) is 0 Å². The minimum Gasteiger partial charge on any atom is -0.335 e. The van der Waals surface area contributed by atoms with Crippen molar-refractivity contribution in [2.45, 2.75) is 39.2 Å². The number of hydrogen-bond donors (Lipinski definition) is 1. The molecule has 0 atom stereocenters. The van der Waals surface area contributed by atoms with Gasteiger partial charge >= 0.3 is 0 Å². The molecule has 0 saturated carbocycles. The second-order valence-electron chi connectivity index (χ2n) is 5.75. The highest BCUT2D eigenvalue weighted by Crippen LogP contribution is 2.39. The highest BCUT2D eigenvalue weighted by atomic mass is 32.1. The van der Waals surface area contributed by atoms with Gasteiger partial charge in [-0.1, -0.05) is 6.92 Å². The van der Waals surface area contributed by atoms with E-state index in [1.807, 2.05) is 11.1 Å². The van der Waals surface area contributed by atoms with Gasteiger partial charge < -0.3 is 10.2 Å². The summed E-state index contributed by atoms with van der Waals surface area (Å²) in [6.45, 7) is 5.88. The monoisotopic (exact) mass is 279 g/mol. The van der Waals surface area contributed by atoms with E-state index in [4.69, 9.17) is 0 Å². The van der Waals surface area contributed by atoms with Crippen molar-refractivity contribution in [1.29, 1.82) is 0 Å². The highest BCUT2D eigenvalue weighted by molar-refractivity contribution is 7.11. The molecule has 1 N–H and O–H groups in total. The molecule has 5 heteroatoms. The van der Waals surface area contributed by atoms with Crippen LogP contribution >= 0.6 is 11.3 Å². The summed E-state index contributed by atoms with van der Waals surface area (Å²) < 4.78 is 0. The van der Waals surface area contributed by atoms with Crippen molar-refractivity contribution in [3.8, 4) is 0 Å². The molecule has 3 rings (SSSR count). The number of nitrogens with one attached hydrogen (secondary N) is 1. The normalized spacial score (nSPS) is 22.4. The van der Waals surface area contributed by atoms with Crippen LogP contribution in [-0.4, -0.2) is 35.4 Å². The zero-order chi connectivity index (χ0) is 13.3. The Morgan fingerprint density at radius 2 is 2.26 bits per heavy atom. The largest absolute Gasteiger partial charge is 0.335 e. The number of hydrogen-bond acceptors (Lipinski definition) is 4. The fraction of sp³-hybridized carbons (Fsp3) is 0.714. The van der Waals surface area contributed by atoms with E-state index in [0.717, 1.165) is 50.3 Å². The lowest BCUT2D eigenvalue weighted by molar-refractivity contribution is -0.128. The molecule has 2 saturated heterocycles. The van der Waals surface area contributed by atoms with Crippen LogP contribution in [0.5, 0.6) is 0 Å². The molecule has 0 radical (unpaired) electrons. The third kappa shape index (κ3) is 2.67. The molecule has 0 aliphatic carbocycles. The maximum Gasteiger partial charge on any atom is 0.223 e. The Labute approximate surface area is 118 Å². The molecule has 4 nitrogen and oxygen atoms in total. The van der Waals surface area contributed by atoms with Gasteiger partial charge in [0.15, 0.2) is 0 Å². The summed E-state index contributed by atoms with van der Waals surface area (Å²) in [5.41, 5.74) is 0.243. The Hall–Kier alpha value is -0.940. The summed E-state index contributed by atoms with van der Waals surface area (Å²) in [6.07, 6.45) is 5.98. The lowest BCUT2D eigenvalue weighted by Gasteiger charge is -2.32. The van der Waals surface area contributed by atoms with Gasteiger partial charge in [0.05, 0.1) is 6.54 Å². The number of carbonyl (C=O) groups is 1. The van der Waals surface area contributed by atoms with Crippen LogP contribution in [0.3, 0.4) is 0 Å². The smallest absolute Gasteiger partial charge is 0.223 e. The van der Waals surface area contributed by atoms with E-state index in [9.17, 15) is 4.79 Å². The van der Waals surface area contributed by atoms with Crippen molar-refractivity contribution in [2.75, 3.05) is 19.6 Å². The predicted molar refractivity (Wildman–Crippen MR) is 76.1 cm³/mol. The zero-order valence-electron chi connectivity index (χ0n) is 11.4. The lowest BCUT2D eigenvalue weighted by Crippen LogP contribution is -2.38. The fourth-order valence-electron chi connectivity index (χ4n) is 3.17. The van der Waals surface area contributed by atoms with Gasteiger partial charge in [-0.2, -0.15) is 0 Å². The number of nitrogens with zero attached hydrogens (tertiary/aromatic N) is 2. The van der Waals surface area contributed by atoms with Crippen LogP contribution in [0.25, 0.3) is 0 Å². The summed E-state index contributed by atoms with van der Waals surface area (Å²) >= 11 is 1.74. The van der Waals surface area contributed by atoms with E-state index in [-0.39, 0.29) is 5.41 Å². The molecule has 1 spiro atoms.